The molecule has 2 N–H and O–H groups in total. The summed E-state index contributed by atoms with van der Waals surface area (Å²) >= 11 is 0. The van der Waals surface area contributed by atoms with Crippen LogP contribution in [0.15, 0.2) is 23.3 Å². The molecule has 0 aromatic carbocycles. The lowest BCUT2D eigenvalue weighted by atomic mass is 10.0. The third-order valence-electron chi connectivity index (χ3n) is 1.80. The van der Waals surface area contributed by atoms with Gasteiger partial charge in [0.05, 0.1) is 5.92 Å². The normalized spacial score (nSPS) is 13.7. The van der Waals surface area contributed by atoms with Gasteiger partial charge in [-0.15, -0.1) is 0 Å². The quantitative estimate of drug-likeness (QED) is 0.665. The summed E-state index contributed by atoms with van der Waals surface area (Å²) in [7, 11) is 0. The minimum absolute atomic E-state index is 0.175. The van der Waals surface area contributed by atoms with Crippen LogP contribution in [0.2, 0.25) is 0 Å². The Hall–Kier alpha value is -1.05. The fourth-order valence-corrected chi connectivity index (χ4v) is 1.04. The van der Waals surface area contributed by atoms with Gasteiger partial charge in [-0.05, 0) is 20.3 Å². The molecule has 0 bridgehead atoms. The largest absolute Gasteiger partial charge is 0.369 e. The number of hydrogen-bond donors (Lipinski definition) is 1. The molecule has 0 aromatic heterocycles. The molecule has 13 heavy (non-hydrogen) atoms. The van der Waals surface area contributed by atoms with E-state index in [0.717, 1.165) is 6.42 Å². The van der Waals surface area contributed by atoms with Crippen LogP contribution in [-0.2, 0) is 4.79 Å². The first-order valence-electron chi connectivity index (χ1n) is 4.62. The Morgan fingerprint density at radius 2 is 2.00 bits per heavy atom. The fraction of sp³-hybridized carbons (Fsp3) is 0.545. The van der Waals surface area contributed by atoms with E-state index in [1.54, 1.807) is 0 Å². The third-order valence-corrected chi connectivity index (χ3v) is 1.80. The van der Waals surface area contributed by atoms with Crippen LogP contribution in [0.5, 0.6) is 0 Å². The Balaban J connectivity index is 4.57. The topological polar surface area (TPSA) is 43.1 Å². The maximum atomic E-state index is 10.8. The molecule has 0 fully saturated rings. The van der Waals surface area contributed by atoms with Crippen LogP contribution in [0.25, 0.3) is 0 Å². The van der Waals surface area contributed by atoms with Gasteiger partial charge in [0.15, 0.2) is 0 Å². The Kier molecular flexibility index (Phi) is 5.12. The Morgan fingerprint density at radius 3 is 2.31 bits per heavy atom. The Labute approximate surface area is 80.5 Å². The third kappa shape index (κ3) is 5.23. The molecule has 0 heterocycles. The van der Waals surface area contributed by atoms with Crippen LogP contribution >= 0.6 is 0 Å². The molecule has 0 aromatic rings. The number of primary amides is 1. The van der Waals surface area contributed by atoms with E-state index in [4.69, 9.17) is 5.73 Å². The number of rotatable bonds is 4. The summed E-state index contributed by atoms with van der Waals surface area (Å²) < 4.78 is 0. The highest BCUT2D eigenvalue weighted by Gasteiger charge is 2.04. The lowest BCUT2D eigenvalue weighted by Crippen LogP contribution is -2.18. The van der Waals surface area contributed by atoms with Gasteiger partial charge < -0.3 is 5.73 Å². The summed E-state index contributed by atoms with van der Waals surface area (Å²) in [6.45, 7) is 7.96. The SMILES string of the molecule is CC/C(C=C(C)C)=C/C(C)C(N)=O. The molecule has 0 saturated carbocycles. The average molecular weight is 181 g/mol. The van der Waals surface area contributed by atoms with Crippen LogP contribution in [0, 0.1) is 5.92 Å². The van der Waals surface area contributed by atoms with Crippen molar-refractivity contribution >= 4 is 5.91 Å². The average Bonchev–Trinajstić information content (AvgIpc) is 2.02. The molecule has 0 saturated heterocycles. The zero-order chi connectivity index (χ0) is 10.4. The fourth-order valence-electron chi connectivity index (χ4n) is 1.04. The van der Waals surface area contributed by atoms with Crippen molar-refractivity contribution < 1.29 is 4.79 Å². The molecule has 74 valence electrons. The lowest BCUT2D eigenvalue weighted by molar-refractivity contribution is -0.120. The number of nitrogens with two attached hydrogens (primary N) is 1. The molecule has 0 rings (SSSR count). The van der Waals surface area contributed by atoms with Gasteiger partial charge in [0.25, 0.3) is 0 Å². The van der Waals surface area contributed by atoms with Crippen molar-refractivity contribution in [2.24, 2.45) is 11.7 Å². The summed E-state index contributed by atoms with van der Waals surface area (Å²) in [5, 5.41) is 0. The van der Waals surface area contributed by atoms with Gasteiger partial charge >= 0.3 is 0 Å². The van der Waals surface area contributed by atoms with E-state index in [-0.39, 0.29) is 11.8 Å². The van der Waals surface area contributed by atoms with Crippen LogP contribution < -0.4 is 5.73 Å². The first-order chi connectivity index (χ1) is 5.97. The van der Waals surface area contributed by atoms with Gasteiger partial charge in [-0.1, -0.05) is 37.1 Å². The Morgan fingerprint density at radius 1 is 1.46 bits per heavy atom. The summed E-state index contributed by atoms with van der Waals surface area (Å²) in [6.07, 6.45) is 4.94. The van der Waals surface area contributed by atoms with Crippen molar-refractivity contribution in [3.63, 3.8) is 0 Å². The number of hydrogen-bond acceptors (Lipinski definition) is 1. The van der Waals surface area contributed by atoms with Gasteiger partial charge in [-0.2, -0.15) is 0 Å². The highest BCUT2D eigenvalue weighted by molar-refractivity contribution is 5.78. The molecule has 2 nitrogen and oxygen atoms in total. The Bertz CT molecular complexity index is 234. The van der Waals surface area contributed by atoms with E-state index in [0.29, 0.717) is 0 Å². The van der Waals surface area contributed by atoms with Crippen molar-refractivity contribution in [3.05, 3.63) is 23.3 Å². The van der Waals surface area contributed by atoms with Crippen molar-refractivity contribution in [1.29, 1.82) is 0 Å². The first kappa shape index (κ1) is 11.9. The predicted molar refractivity (Wildman–Crippen MR) is 56.2 cm³/mol. The number of carbonyl (C=O) groups excluding carboxylic acids is 1. The number of carbonyl (C=O) groups is 1. The molecular formula is C11H19NO. The van der Waals surface area contributed by atoms with Crippen LogP contribution in [0.3, 0.4) is 0 Å². The van der Waals surface area contributed by atoms with E-state index in [2.05, 4.69) is 13.0 Å². The molecule has 1 atom stereocenters. The minimum Gasteiger partial charge on any atom is -0.369 e. The minimum atomic E-state index is -0.270. The van der Waals surface area contributed by atoms with Gasteiger partial charge in [-0.3, -0.25) is 4.79 Å². The molecule has 0 aliphatic carbocycles. The molecule has 0 radical (unpaired) electrons. The number of allylic oxidation sites excluding steroid dienone is 3. The molecule has 0 aliphatic heterocycles. The maximum Gasteiger partial charge on any atom is 0.224 e. The molecule has 1 unspecified atom stereocenters. The van der Waals surface area contributed by atoms with Crippen molar-refractivity contribution in [2.75, 3.05) is 0 Å². The van der Waals surface area contributed by atoms with Crippen molar-refractivity contribution in [1.82, 2.24) is 0 Å². The van der Waals surface area contributed by atoms with Crippen LogP contribution in [0.4, 0.5) is 0 Å². The van der Waals surface area contributed by atoms with E-state index >= 15 is 0 Å². The van der Waals surface area contributed by atoms with Crippen molar-refractivity contribution in [2.45, 2.75) is 34.1 Å². The van der Waals surface area contributed by atoms with Gasteiger partial charge in [0.1, 0.15) is 0 Å². The molecule has 1 amide bonds. The summed E-state index contributed by atoms with van der Waals surface area (Å²) in [4.78, 5) is 10.8. The molecule has 0 aliphatic rings. The highest BCUT2D eigenvalue weighted by Crippen LogP contribution is 2.10. The van der Waals surface area contributed by atoms with Gasteiger partial charge in [0.2, 0.25) is 5.91 Å². The molecular weight excluding hydrogens is 162 g/mol. The predicted octanol–water partition coefficient (Wildman–Crippen LogP) is 2.41. The second-order valence-corrected chi connectivity index (χ2v) is 3.51. The highest BCUT2D eigenvalue weighted by atomic mass is 16.1. The van der Waals surface area contributed by atoms with Gasteiger partial charge in [0, 0.05) is 0 Å². The smallest absolute Gasteiger partial charge is 0.224 e. The van der Waals surface area contributed by atoms with Crippen LogP contribution in [0.1, 0.15) is 34.1 Å². The van der Waals surface area contributed by atoms with E-state index in [1.807, 2.05) is 26.8 Å². The zero-order valence-electron chi connectivity index (χ0n) is 8.92. The number of amides is 1. The lowest BCUT2D eigenvalue weighted by Gasteiger charge is -2.03. The molecule has 2 heteroatoms. The monoisotopic (exact) mass is 181 g/mol. The second-order valence-electron chi connectivity index (χ2n) is 3.51. The first-order valence-corrected chi connectivity index (χ1v) is 4.62. The van der Waals surface area contributed by atoms with Crippen LogP contribution in [-0.4, -0.2) is 5.91 Å². The van der Waals surface area contributed by atoms with E-state index in [9.17, 15) is 4.79 Å². The summed E-state index contributed by atoms with van der Waals surface area (Å²) in [6, 6.07) is 0. The summed E-state index contributed by atoms with van der Waals surface area (Å²) in [5.74, 6) is -0.446. The standard InChI is InChI=1S/C11H19NO/c1-5-10(6-8(2)3)7-9(4)11(12)13/h6-7,9H,5H2,1-4H3,(H2,12,13)/b10-7-. The van der Waals surface area contributed by atoms with Gasteiger partial charge in [-0.25, -0.2) is 0 Å². The van der Waals surface area contributed by atoms with E-state index < -0.39 is 0 Å². The zero-order valence-corrected chi connectivity index (χ0v) is 8.92. The summed E-state index contributed by atoms with van der Waals surface area (Å²) in [5.41, 5.74) is 7.58. The maximum absolute atomic E-state index is 10.8. The van der Waals surface area contributed by atoms with Crippen molar-refractivity contribution in [3.8, 4) is 0 Å². The second kappa shape index (κ2) is 5.57. The van der Waals surface area contributed by atoms with E-state index in [1.165, 1.54) is 11.1 Å². The molecule has 0 spiro atoms.